The first-order chi connectivity index (χ1) is 17.1. The fraction of sp³-hybridized carbons (Fsp3) is 0.115. The first-order valence-corrected chi connectivity index (χ1v) is 11.1. The smallest absolute Gasteiger partial charge is 0.269 e. The van der Waals surface area contributed by atoms with Crippen molar-refractivity contribution in [1.29, 1.82) is 0 Å². The average Bonchev–Trinajstić information content (AvgIpc) is 3.56. The maximum atomic E-state index is 12.4. The van der Waals surface area contributed by atoms with E-state index in [0.717, 1.165) is 34.4 Å². The molecule has 2 N–H and O–H groups in total. The number of aromatic nitrogens is 4. The van der Waals surface area contributed by atoms with Crippen molar-refractivity contribution < 1.29 is 14.3 Å². The number of rotatable bonds is 6. The molecule has 3 aromatic carbocycles. The van der Waals surface area contributed by atoms with Crippen LogP contribution in [0.25, 0.3) is 17.5 Å². The Morgan fingerprint density at radius 1 is 1.00 bits per heavy atom. The van der Waals surface area contributed by atoms with Crippen LogP contribution < -0.4 is 15.6 Å². The van der Waals surface area contributed by atoms with Gasteiger partial charge in [-0.3, -0.25) is 20.4 Å². The lowest BCUT2D eigenvalue weighted by Gasteiger charge is -2.06. The molecular weight excluding hydrogens is 444 g/mol. The molecule has 174 valence electrons. The van der Waals surface area contributed by atoms with Crippen LogP contribution in [0.2, 0.25) is 0 Å². The molecule has 0 saturated heterocycles. The number of nitrogens with zero attached hydrogens (tertiary/aromatic N) is 4. The lowest BCUT2D eigenvalue weighted by atomic mass is 10.1. The number of hydrogen-bond donors (Lipinski definition) is 2. The fourth-order valence-electron chi connectivity index (χ4n) is 3.65. The molecule has 9 heteroatoms. The van der Waals surface area contributed by atoms with Gasteiger partial charge in [-0.25, -0.2) is 0 Å². The summed E-state index contributed by atoms with van der Waals surface area (Å²) in [7, 11) is 0. The Balaban J connectivity index is 1.12. The second kappa shape index (κ2) is 10.0. The summed E-state index contributed by atoms with van der Waals surface area (Å²) in [6.07, 6.45) is 3.92. The van der Waals surface area contributed by atoms with Crippen LogP contribution in [-0.2, 0) is 17.8 Å². The first kappa shape index (κ1) is 22.0. The molecule has 4 aromatic rings. The molecule has 1 aliphatic rings. The molecule has 1 aromatic heterocycles. The molecule has 5 rings (SSSR count). The van der Waals surface area contributed by atoms with E-state index in [1.165, 1.54) is 10.9 Å². The molecule has 0 saturated carbocycles. The Morgan fingerprint density at radius 3 is 2.66 bits per heavy atom. The van der Waals surface area contributed by atoms with Crippen LogP contribution in [0.1, 0.15) is 27.0 Å². The fourth-order valence-corrected chi connectivity index (χ4v) is 3.65. The highest BCUT2D eigenvalue weighted by molar-refractivity contribution is 5.97. The van der Waals surface area contributed by atoms with Gasteiger partial charge in [0.25, 0.3) is 11.8 Å². The summed E-state index contributed by atoms with van der Waals surface area (Å²) in [5.74, 6) is 0.590. The molecule has 2 heterocycles. The number of ether oxygens (including phenoxy) is 1. The van der Waals surface area contributed by atoms with Gasteiger partial charge in [-0.1, -0.05) is 48.5 Å². The lowest BCUT2D eigenvalue weighted by molar-refractivity contribution is -0.117. The van der Waals surface area contributed by atoms with Gasteiger partial charge in [0.15, 0.2) is 0 Å². The highest BCUT2D eigenvalue weighted by atomic mass is 16.5. The van der Waals surface area contributed by atoms with E-state index in [0.29, 0.717) is 24.5 Å². The van der Waals surface area contributed by atoms with Crippen LogP contribution in [0.15, 0.2) is 78.9 Å². The minimum Gasteiger partial charge on any atom is -0.493 e. The van der Waals surface area contributed by atoms with Crippen molar-refractivity contribution in [3.8, 4) is 17.1 Å². The summed E-state index contributed by atoms with van der Waals surface area (Å²) in [6.45, 7) is 1.10. The number of amides is 2. The Hall–Kier alpha value is -4.79. The number of fused-ring (bicyclic) bond motifs is 1. The van der Waals surface area contributed by atoms with Gasteiger partial charge in [0.05, 0.1) is 13.2 Å². The SMILES string of the molecule is O=C(/C=C/c1ccc2c(c1)CCO2)NNC(=O)c1ccc(Cn2nnc(-c3ccccc3)n2)cc1. The van der Waals surface area contributed by atoms with Crippen LogP contribution >= 0.6 is 0 Å². The van der Waals surface area contributed by atoms with E-state index in [2.05, 4.69) is 26.3 Å². The molecule has 0 fully saturated rings. The summed E-state index contributed by atoms with van der Waals surface area (Å²) < 4.78 is 5.48. The van der Waals surface area contributed by atoms with Crippen LogP contribution in [0.4, 0.5) is 0 Å². The molecule has 0 unspecified atom stereocenters. The monoisotopic (exact) mass is 466 g/mol. The number of carbonyl (C=O) groups excluding carboxylic acids is 2. The Bertz CT molecular complexity index is 1380. The van der Waals surface area contributed by atoms with Crippen molar-refractivity contribution in [3.05, 3.63) is 101 Å². The number of hydrogen-bond acceptors (Lipinski definition) is 6. The van der Waals surface area contributed by atoms with E-state index in [4.69, 9.17) is 4.74 Å². The van der Waals surface area contributed by atoms with Crippen LogP contribution in [-0.4, -0.2) is 38.6 Å². The van der Waals surface area contributed by atoms with E-state index in [9.17, 15) is 9.59 Å². The van der Waals surface area contributed by atoms with E-state index >= 15 is 0 Å². The topological polar surface area (TPSA) is 111 Å². The van der Waals surface area contributed by atoms with Crippen LogP contribution in [0, 0.1) is 0 Å². The van der Waals surface area contributed by atoms with Crippen molar-refractivity contribution in [1.82, 2.24) is 31.1 Å². The molecule has 35 heavy (non-hydrogen) atoms. The van der Waals surface area contributed by atoms with Gasteiger partial charge < -0.3 is 4.74 Å². The van der Waals surface area contributed by atoms with E-state index in [1.54, 1.807) is 30.3 Å². The van der Waals surface area contributed by atoms with Crippen LogP contribution in [0.5, 0.6) is 5.75 Å². The molecule has 9 nitrogen and oxygen atoms in total. The van der Waals surface area contributed by atoms with Gasteiger partial charge in [-0.05, 0) is 52.2 Å². The summed E-state index contributed by atoms with van der Waals surface area (Å²) in [5.41, 5.74) is 9.04. The highest BCUT2D eigenvalue weighted by Gasteiger charge is 2.12. The third kappa shape index (κ3) is 5.41. The number of nitrogens with one attached hydrogen (secondary N) is 2. The van der Waals surface area contributed by atoms with Gasteiger partial charge in [-0.15, -0.1) is 10.2 Å². The molecular formula is C26H22N6O3. The third-order valence-corrected chi connectivity index (χ3v) is 5.46. The number of hydrazine groups is 1. The Morgan fingerprint density at radius 2 is 1.83 bits per heavy atom. The van der Waals surface area contributed by atoms with Crippen molar-refractivity contribution in [3.63, 3.8) is 0 Å². The van der Waals surface area contributed by atoms with Gasteiger partial charge in [0, 0.05) is 23.6 Å². The summed E-state index contributed by atoms with van der Waals surface area (Å²) in [6, 6.07) is 22.3. The number of benzene rings is 3. The predicted octanol–water partition coefficient (Wildman–Crippen LogP) is 2.80. The van der Waals surface area contributed by atoms with Gasteiger partial charge >= 0.3 is 0 Å². The maximum absolute atomic E-state index is 12.4. The van der Waals surface area contributed by atoms with Crippen LogP contribution in [0.3, 0.4) is 0 Å². The van der Waals surface area contributed by atoms with Gasteiger partial charge in [0.2, 0.25) is 5.82 Å². The van der Waals surface area contributed by atoms with Gasteiger partial charge in [0.1, 0.15) is 5.75 Å². The largest absolute Gasteiger partial charge is 0.493 e. The molecule has 0 spiro atoms. The second-order valence-corrected chi connectivity index (χ2v) is 7.95. The average molecular weight is 467 g/mol. The van der Waals surface area contributed by atoms with Crippen molar-refractivity contribution in [2.24, 2.45) is 0 Å². The van der Waals surface area contributed by atoms with Crippen molar-refractivity contribution in [2.45, 2.75) is 13.0 Å². The molecule has 0 aliphatic carbocycles. The van der Waals surface area contributed by atoms with E-state index in [-0.39, 0.29) is 0 Å². The molecule has 2 amide bonds. The minimum atomic E-state index is -0.432. The molecule has 0 atom stereocenters. The predicted molar refractivity (Wildman–Crippen MR) is 129 cm³/mol. The number of carbonyl (C=O) groups is 2. The zero-order chi connectivity index (χ0) is 24.0. The summed E-state index contributed by atoms with van der Waals surface area (Å²) >= 11 is 0. The summed E-state index contributed by atoms with van der Waals surface area (Å²) in [4.78, 5) is 26.0. The quantitative estimate of drug-likeness (QED) is 0.334. The second-order valence-electron chi connectivity index (χ2n) is 7.95. The minimum absolute atomic E-state index is 0.410. The molecule has 0 radical (unpaired) electrons. The standard InChI is InChI=1S/C26H22N6O3/c33-24(13-9-18-8-12-23-22(16-18)14-15-35-23)27-29-26(34)21-10-6-19(7-11-21)17-32-30-25(28-31-32)20-4-2-1-3-5-20/h1-13,16H,14-15,17H2,(H,27,33)(H,29,34)/b13-9+. The molecule has 1 aliphatic heterocycles. The van der Waals surface area contributed by atoms with Crippen molar-refractivity contribution >= 4 is 17.9 Å². The lowest BCUT2D eigenvalue weighted by Crippen LogP contribution is -2.40. The van der Waals surface area contributed by atoms with E-state index in [1.807, 2.05) is 48.5 Å². The Labute approximate surface area is 201 Å². The first-order valence-electron chi connectivity index (χ1n) is 11.1. The zero-order valence-electron chi connectivity index (χ0n) is 18.7. The van der Waals surface area contributed by atoms with Gasteiger partial charge in [-0.2, -0.15) is 4.80 Å². The van der Waals surface area contributed by atoms with Crippen molar-refractivity contribution in [2.75, 3.05) is 6.61 Å². The third-order valence-electron chi connectivity index (χ3n) is 5.46. The normalized spacial score (nSPS) is 12.2. The number of tetrazole rings is 1. The zero-order valence-corrected chi connectivity index (χ0v) is 18.7. The molecule has 0 bridgehead atoms. The highest BCUT2D eigenvalue weighted by Crippen LogP contribution is 2.26. The summed E-state index contributed by atoms with van der Waals surface area (Å²) in [5, 5.41) is 12.6. The maximum Gasteiger partial charge on any atom is 0.269 e. The Kier molecular flexibility index (Phi) is 6.29. The van der Waals surface area contributed by atoms with E-state index < -0.39 is 11.8 Å².